The molecule has 2 aromatic carbocycles. The van der Waals surface area contributed by atoms with Gasteiger partial charge in [0.05, 0.1) is 31.1 Å². The van der Waals surface area contributed by atoms with Gasteiger partial charge in [0.25, 0.3) is 11.6 Å². The van der Waals surface area contributed by atoms with E-state index in [1.165, 1.54) is 35.2 Å². The van der Waals surface area contributed by atoms with Crippen molar-refractivity contribution in [2.24, 2.45) is 0 Å². The van der Waals surface area contributed by atoms with Crippen LogP contribution in [-0.2, 0) is 6.54 Å². The third-order valence-corrected chi connectivity index (χ3v) is 4.42. The predicted octanol–water partition coefficient (Wildman–Crippen LogP) is 1.27. The van der Waals surface area contributed by atoms with Crippen molar-refractivity contribution in [3.63, 3.8) is 0 Å². The number of nitrogens with one attached hydrogen (secondary N) is 1. The van der Waals surface area contributed by atoms with Crippen LogP contribution in [0.3, 0.4) is 0 Å². The number of hydrogen-bond donors (Lipinski definition) is 1. The molecular formula is C18H19FN3O3+. The summed E-state index contributed by atoms with van der Waals surface area (Å²) in [6.07, 6.45) is 0. The van der Waals surface area contributed by atoms with E-state index in [9.17, 15) is 19.3 Å². The minimum atomic E-state index is -0.391. The molecule has 0 saturated carbocycles. The molecule has 1 heterocycles. The molecule has 0 atom stereocenters. The fourth-order valence-corrected chi connectivity index (χ4v) is 3.05. The molecule has 0 spiro atoms. The lowest BCUT2D eigenvalue weighted by molar-refractivity contribution is -0.917. The van der Waals surface area contributed by atoms with Crippen LogP contribution in [0.4, 0.5) is 10.1 Å². The van der Waals surface area contributed by atoms with Crippen LogP contribution < -0.4 is 4.90 Å². The Morgan fingerprint density at radius 2 is 1.84 bits per heavy atom. The van der Waals surface area contributed by atoms with Crippen molar-refractivity contribution in [2.45, 2.75) is 6.54 Å². The molecule has 1 aliphatic rings. The average Bonchev–Trinajstić information content (AvgIpc) is 2.63. The molecule has 0 bridgehead atoms. The topological polar surface area (TPSA) is 67.9 Å². The molecule has 6 nitrogen and oxygen atoms in total. The highest BCUT2D eigenvalue weighted by atomic mass is 19.1. The average molecular weight is 344 g/mol. The van der Waals surface area contributed by atoms with E-state index in [2.05, 4.69) is 0 Å². The first-order valence-electron chi connectivity index (χ1n) is 8.14. The first-order valence-corrected chi connectivity index (χ1v) is 8.14. The SMILES string of the molecule is O=C(c1ccc(F)cc1)N1CC[NH+](Cc2cccc([N+](=O)[O-])c2)CC1. The van der Waals surface area contributed by atoms with Crippen molar-refractivity contribution in [1.29, 1.82) is 0 Å². The molecule has 7 heteroatoms. The summed E-state index contributed by atoms with van der Waals surface area (Å²) in [6.45, 7) is 3.46. The highest BCUT2D eigenvalue weighted by Crippen LogP contribution is 2.12. The van der Waals surface area contributed by atoms with E-state index in [0.717, 1.165) is 18.7 Å². The summed E-state index contributed by atoms with van der Waals surface area (Å²) in [6, 6.07) is 12.2. The van der Waals surface area contributed by atoms with Crippen LogP contribution in [0.5, 0.6) is 0 Å². The number of quaternary nitrogens is 1. The number of nitro benzene ring substituents is 1. The predicted molar refractivity (Wildman–Crippen MR) is 89.8 cm³/mol. The van der Waals surface area contributed by atoms with E-state index in [0.29, 0.717) is 25.2 Å². The Morgan fingerprint density at radius 1 is 1.16 bits per heavy atom. The number of amides is 1. The van der Waals surface area contributed by atoms with Crippen molar-refractivity contribution in [3.05, 3.63) is 75.6 Å². The molecule has 1 saturated heterocycles. The molecule has 0 aliphatic carbocycles. The second-order valence-electron chi connectivity index (χ2n) is 6.15. The van der Waals surface area contributed by atoms with Crippen LogP contribution in [-0.4, -0.2) is 41.9 Å². The normalized spacial score (nSPS) is 15.2. The maximum atomic E-state index is 13.0. The molecule has 0 aromatic heterocycles. The Morgan fingerprint density at radius 3 is 2.48 bits per heavy atom. The van der Waals surface area contributed by atoms with Gasteiger partial charge in [0, 0.05) is 23.3 Å². The second kappa shape index (κ2) is 7.40. The summed E-state index contributed by atoms with van der Waals surface area (Å²) in [5.41, 5.74) is 1.51. The van der Waals surface area contributed by atoms with Gasteiger partial charge in [0.2, 0.25) is 0 Å². The molecule has 0 radical (unpaired) electrons. The molecule has 2 aromatic rings. The van der Waals surface area contributed by atoms with E-state index < -0.39 is 4.92 Å². The summed E-state index contributed by atoms with van der Waals surface area (Å²) in [5, 5.41) is 10.9. The van der Waals surface area contributed by atoms with Gasteiger partial charge < -0.3 is 9.80 Å². The third-order valence-electron chi connectivity index (χ3n) is 4.42. The smallest absolute Gasteiger partial charge is 0.269 e. The van der Waals surface area contributed by atoms with Gasteiger partial charge in [-0.05, 0) is 24.3 Å². The number of carbonyl (C=O) groups excluding carboxylic acids is 1. The Bertz CT molecular complexity index is 771. The molecule has 1 amide bonds. The number of non-ortho nitro benzene ring substituents is 1. The lowest BCUT2D eigenvalue weighted by atomic mass is 10.1. The van der Waals surface area contributed by atoms with Gasteiger partial charge in [-0.3, -0.25) is 14.9 Å². The third kappa shape index (κ3) is 4.19. The number of carbonyl (C=O) groups is 1. The van der Waals surface area contributed by atoms with Gasteiger partial charge >= 0.3 is 0 Å². The van der Waals surface area contributed by atoms with Crippen molar-refractivity contribution >= 4 is 11.6 Å². The molecule has 25 heavy (non-hydrogen) atoms. The first kappa shape index (κ1) is 17.0. The fraction of sp³-hybridized carbons (Fsp3) is 0.278. The molecular weight excluding hydrogens is 325 g/mol. The van der Waals surface area contributed by atoms with E-state index in [-0.39, 0.29) is 17.4 Å². The lowest BCUT2D eigenvalue weighted by Gasteiger charge is -2.32. The highest BCUT2D eigenvalue weighted by molar-refractivity contribution is 5.94. The number of rotatable bonds is 4. The Kier molecular flexibility index (Phi) is 5.04. The van der Waals surface area contributed by atoms with Crippen molar-refractivity contribution in [2.75, 3.05) is 26.2 Å². The molecule has 1 fully saturated rings. The minimum Gasteiger partial charge on any atom is -0.328 e. The van der Waals surface area contributed by atoms with Crippen LogP contribution in [0.1, 0.15) is 15.9 Å². The van der Waals surface area contributed by atoms with Gasteiger partial charge in [0.1, 0.15) is 12.4 Å². The zero-order valence-electron chi connectivity index (χ0n) is 13.7. The molecule has 0 unspecified atom stereocenters. The van der Waals surface area contributed by atoms with E-state index >= 15 is 0 Å². The molecule has 130 valence electrons. The molecule has 1 N–H and O–H groups in total. The lowest BCUT2D eigenvalue weighted by Crippen LogP contribution is -3.13. The van der Waals surface area contributed by atoms with Crippen molar-refractivity contribution in [1.82, 2.24) is 4.90 Å². The Balaban J connectivity index is 1.56. The number of piperazine rings is 1. The van der Waals surface area contributed by atoms with E-state index in [1.54, 1.807) is 17.0 Å². The quantitative estimate of drug-likeness (QED) is 0.671. The number of benzene rings is 2. The van der Waals surface area contributed by atoms with Gasteiger partial charge in [0.15, 0.2) is 0 Å². The second-order valence-corrected chi connectivity index (χ2v) is 6.15. The summed E-state index contributed by atoms with van der Waals surface area (Å²) in [7, 11) is 0. The maximum Gasteiger partial charge on any atom is 0.269 e. The summed E-state index contributed by atoms with van der Waals surface area (Å²) in [5.74, 6) is -0.447. The van der Waals surface area contributed by atoms with Crippen LogP contribution in [0, 0.1) is 15.9 Å². The van der Waals surface area contributed by atoms with Crippen LogP contribution >= 0.6 is 0 Å². The van der Waals surface area contributed by atoms with Gasteiger partial charge in [-0.25, -0.2) is 4.39 Å². The van der Waals surface area contributed by atoms with E-state index in [1.807, 2.05) is 6.07 Å². The van der Waals surface area contributed by atoms with Gasteiger partial charge in [-0.15, -0.1) is 0 Å². The monoisotopic (exact) mass is 344 g/mol. The Labute approximate surface area is 144 Å². The highest BCUT2D eigenvalue weighted by Gasteiger charge is 2.24. The molecule has 3 rings (SSSR count). The number of nitrogens with zero attached hydrogens (tertiary/aromatic N) is 2. The zero-order chi connectivity index (χ0) is 17.8. The van der Waals surface area contributed by atoms with Crippen molar-refractivity contribution in [3.8, 4) is 0 Å². The summed E-state index contributed by atoms with van der Waals surface area (Å²) in [4.78, 5) is 25.9. The number of hydrogen-bond acceptors (Lipinski definition) is 3. The standard InChI is InChI=1S/C18H18FN3O3/c19-16-6-4-15(5-7-16)18(23)21-10-8-20(9-11-21)13-14-2-1-3-17(12-14)22(24)25/h1-7,12H,8-11,13H2/p+1. The van der Waals surface area contributed by atoms with Crippen LogP contribution in [0.25, 0.3) is 0 Å². The zero-order valence-corrected chi connectivity index (χ0v) is 13.7. The Hall–Kier alpha value is -2.80. The van der Waals surface area contributed by atoms with Crippen LogP contribution in [0.2, 0.25) is 0 Å². The first-order chi connectivity index (χ1) is 12.0. The fourth-order valence-electron chi connectivity index (χ4n) is 3.05. The summed E-state index contributed by atoms with van der Waals surface area (Å²) < 4.78 is 13.0. The number of nitro groups is 1. The van der Waals surface area contributed by atoms with Gasteiger partial charge in [-0.2, -0.15) is 0 Å². The minimum absolute atomic E-state index is 0.0885. The molecule has 1 aliphatic heterocycles. The van der Waals surface area contributed by atoms with Crippen molar-refractivity contribution < 1.29 is 19.0 Å². The van der Waals surface area contributed by atoms with Crippen LogP contribution in [0.15, 0.2) is 48.5 Å². The van der Waals surface area contributed by atoms with E-state index in [4.69, 9.17) is 0 Å². The largest absolute Gasteiger partial charge is 0.328 e. The van der Waals surface area contributed by atoms with Gasteiger partial charge in [-0.1, -0.05) is 12.1 Å². The summed E-state index contributed by atoms with van der Waals surface area (Å²) >= 11 is 0. The maximum absolute atomic E-state index is 13.0. The number of halogens is 1.